The molecular weight excluding hydrogens is 232 g/mol. The Bertz CT molecular complexity index is 386. The third-order valence-electron chi connectivity index (χ3n) is 2.18. The zero-order chi connectivity index (χ0) is 13.8. The van der Waals surface area contributed by atoms with Crippen molar-refractivity contribution in [3.05, 3.63) is 0 Å². The minimum absolute atomic E-state index is 0.271. The molecule has 1 aromatic heterocycles. The van der Waals surface area contributed by atoms with E-state index in [0.29, 0.717) is 11.9 Å². The summed E-state index contributed by atoms with van der Waals surface area (Å²) in [5.41, 5.74) is 2.06. The van der Waals surface area contributed by atoms with Crippen molar-refractivity contribution < 1.29 is 4.74 Å². The van der Waals surface area contributed by atoms with Crippen LogP contribution in [-0.2, 0) is 0 Å². The Hall–Kier alpha value is -1.63. The molecule has 0 spiro atoms. The van der Waals surface area contributed by atoms with E-state index in [9.17, 15) is 0 Å². The van der Waals surface area contributed by atoms with Crippen molar-refractivity contribution in [2.45, 2.75) is 40.2 Å². The summed E-state index contributed by atoms with van der Waals surface area (Å²) in [5, 5.41) is 0. The highest BCUT2D eigenvalue weighted by Crippen LogP contribution is 2.18. The summed E-state index contributed by atoms with van der Waals surface area (Å²) in [7, 11) is 0. The Labute approximate surface area is 108 Å². The van der Waals surface area contributed by atoms with Crippen LogP contribution < -0.4 is 20.9 Å². The maximum atomic E-state index is 5.64. The zero-order valence-electron chi connectivity index (χ0n) is 11.7. The molecule has 0 saturated heterocycles. The number of nitrogens with two attached hydrogens (primary N) is 1. The first-order valence-electron chi connectivity index (χ1n) is 6.06. The molecule has 1 aromatic rings. The molecule has 0 radical (unpaired) electrons. The SMILES string of the molecule is CCN(CC)c1nc(NN)nc(OC(C)(C)C)n1. The normalized spacial score (nSPS) is 11.2. The average molecular weight is 254 g/mol. The zero-order valence-corrected chi connectivity index (χ0v) is 11.7. The molecular formula is C11H22N6O. The number of nitrogen functional groups attached to an aromatic ring is 1. The van der Waals surface area contributed by atoms with Crippen molar-refractivity contribution in [2.24, 2.45) is 5.84 Å². The Kier molecular flexibility index (Phi) is 4.66. The van der Waals surface area contributed by atoms with Crippen LogP contribution in [0.2, 0.25) is 0 Å². The Morgan fingerprint density at radius 1 is 1.17 bits per heavy atom. The number of aromatic nitrogens is 3. The molecule has 0 fully saturated rings. The summed E-state index contributed by atoms with van der Waals surface area (Å²) < 4.78 is 5.64. The lowest BCUT2D eigenvalue weighted by Gasteiger charge is -2.22. The predicted octanol–water partition coefficient (Wildman–Crippen LogP) is 1.18. The highest BCUT2D eigenvalue weighted by molar-refractivity contribution is 5.37. The number of nitrogens with zero attached hydrogens (tertiary/aromatic N) is 4. The lowest BCUT2D eigenvalue weighted by molar-refractivity contribution is 0.117. The first-order chi connectivity index (χ1) is 8.39. The fourth-order valence-corrected chi connectivity index (χ4v) is 1.38. The molecule has 0 unspecified atom stereocenters. The van der Waals surface area contributed by atoms with Crippen molar-refractivity contribution in [1.82, 2.24) is 15.0 Å². The number of hydrogen-bond donors (Lipinski definition) is 2. The lowest BCUT2D eigenvalue weighted by Crippen LogP contribution is -2.28. The van der Waals surface area contributed by atoms with E-state index >= 15 is 0 Å². The number of hydrogen-bond acceptors (Lipinski definition) is 7. The molecule has 0 aliphatic heterocycles. The van der Waals surface area contributed by atoms with Gasteiger partial charge >= 0.3 is 6.01 Å². The van der Waals surface area contributed by atoms with Crippen LogP contribution in [0.25, 0.3) is 0 Å². The second-order valence-electron chi connectivity index (χ2n) is 4.77. The van der Waals surface area contributed by atoms with Crippen LogP contribution in [0.1, 0.15) is 34.6 Å². The summed E-state index contributed by atoms with van der Waals surface area (Å²) in [5.74, 6) is 6.21. The van der Waals surface area contributed by atoms with Gasteiger partial charge in [-0.3, -0.25) is 5.43 Å². The second-order valence-corrected chi connectivity index (χ2v) is 4.77. The van der Waals surface area contributed by atoms with Crippen LogP contribution >= 0.6 is 0 Å². The Morgan fingerprint density at radius 2 is 1.78 bits per heavy atom. The monoisotopic (exact) mass is 254 g/mol. The van der Waals surface area contributed by atoms with Crippen molar-refractivity contribution in [1.29, 1.82) is 0 Å². The number of nitrogens with one attached hydrogen (secondary N) is 1. The molecule has 3 N–H and O–H groups in total. The van der Waals surface area contributed by atoms with Crippen LogP contribution in [0.15, 0.2) is 0 Å². The molecule has 102 valence electrons. The van der Waals surface area contributed by atoms with E-state index in [1.165, 1.54) is 0 Å². The molecule has 7 heteroatoms. The third-order valence-corrected chi connectivity index (χ3v) is 2.18. The summed E-state index contributed by atoms with van der Waals surface area (Å²) >= 11 is 0. The third kappa shape index (κ3) is 3.99. The first-order valence-corrected chi connectivity index (χ1v) is 6.06. The summed E-state index contributed by atoms with van der Waals surface area (Å²) in [4.78, 5) is 14.6. The Balaban J connectivity index is 3.08. The fourth-order valence-electron chi connectivity index (χ4n) is 1.38. The minimum Gasteiger partial charge on any atom is -0.458 e. The maximum Gasteiger partial charge on any atom is 0.323 e. The number of rotatable bonds is 5. The molecule has 1 rings (SSSR count). The molecule has 1 heterocycles. The van der Waals surface area contributed by atoms with E-state index < -0.39 is 0 Å². The van der Waals surface area contributed by atoms with Gasteiger partial charge in [-0.15, -0.1) is 0 Å². The molecule has 0 amide bonds. The van der Waals surface area contributed by atoms with Gasteiger partial charge in [-0.05, 0) is 34.6 Å². The minimum atomic E-state index is -0.367. The molecule has 7 nitrogen and oxygen atoms in total. The van der Waals surface area contributed by atoms with E-state index in [0.717, 1.165) is 13.1 Å². The van der Waals surface area contributed by atoms with Gasteiger partial charge < -0.3 is 9.64 Å². The quantitative estimate of drug-likeness (QED) is 0.602. The van der Waals surface area contributed by atoms with Crippen molar-refractivity contribution >= 4 is 11.9 Å². The van der Waals surface area contributed by atoms with Gasteiger partial charge in [-0.1, -0.05) is 0 Å². The smallest absolute Gasteiger partial charge is 0.323 e. The van der Waals surface area contributed by atoms with Crippen LogP contribution in [0.5, 0.6) is 6.01 Å². The molecule has 0 aromatic carbocycles. The van der Waals surface area contributed by atoms with E-state index in [1.807, 2.05) is 39.5 Å². The van der Waals surface area contributed by atoms with Crippen LogP contribution in [-0.4, -0.2) is 33.6 Å². The summed E-state index contributed by atoms with van der Waals surface area (Å²) in [6.45, 7) is 11.5. The van der Waals surface area contributed by atoms with Crippen LogP contribution in [0.4, 0.5) is 11.9 Å². The summed E-state index contributed by atoms with van der Waals surface area (Å²) in [6.07, 6.45) is 0. The van der Waals surface area contributed by atoms with Gasteiger partial charge in [0.15, 0.2) is 0 Å². The number of ether oxygens (including phenoxy) is 1. The van der Waals surface area contributed by atoms with Gasteiger partial charge in [-0.2, -0.15) is 15.0 Å². The van der Waals surface area contributed by atoms with Crippen molar-refractivity contribution in [2.75, 3.05) is 23.4 Å². The highest BCUT2D eigenvalue weighted by atomic mass is 16.5. The molecule has 18 heavy (non-hydrogen) atoms. The van der Waals surface area contributed by atoms with Gasteiger partial charge in [0.2, 0.25) is 11.9 Å². The van der Waals surface area contributed by atoms with Crippen molar-refractivity contribution in [3.63, 3.8) is 0 Å². The second kappa shape index (κ2) is 5.81. The largest absolute Gasteiger partial charge is 0.458 e. The highest BCUT2D eigenvalue weighted by Gasteiger charge is 2.17. The number of anilines is 2. The molecule has 0 saturated carbocycles. The van der Waals surface area contributed by atoms with E-state index in [2.05, 4.69) is 20.4 Å². The maximum absolute atomic E-state index is 5.64. The molecule has 0 bridgehead atoms. The van der Waals surface area contributed by atoms with Crippen LogP contribution in [0, 0.1) is 0 Å². The molecule has 0 atom stereocenters. The molecule has 0 aliphatic carbocycles. The van der Waals surface area contributed by atoms with E-state index in [-0.39, 0.29) is 11.6 Å². The van der Waals surface area contributed by atoms with Crippen LogP contribution in [0.3, 0.4) is 0 Å². The molecule has 0 aliphatic rings. The predicted molar refractivity (Wildman–Crippen MR) is 71.6 cm³/mol. The van der Waals surface area contributed by atoms with E-state index in [1.54, 1.807) is 0 Å². The van der Waals surface area contributed by atoms with Gasteiger partial charge in [0.25, 0.3) is 0 Å². The van der Waals surface area contributed by atoms with Gasteiger partial charge in [0.05, 0.1) is 0 Å². The van der Waals surface area contributed by atoms with E-state index in [4.69, 9.17) is 10.6 Å². The number of hydrazine groups is 1. The topological polar surface area (TPSA) is 89.2 Å². The summed E-state index contributed by atoms with van der Waals surface area (Å²) in [6, 6.07) is 0.271. The average Bonchev–Trinajstić information content (AvgIpc) is 2.28. The lowest BCUT2D eigenvalue weighted by atomic mass is 10.2. The van der Waals surface area contributed by atoms with Crippen molar-refractivity contribution in [3.8, 4) is 6.01 Å². The standard InChI is InChI=1S/C11H22N6O/c1-6-17(7-2)9-13-8(16-12)14-10(15-9)18-11(3,4)5/h6-7,12H2,1-5H3,(H,13,14,15,16). The van der Waals surface area contributed by atoms with Gasteiger partial charge in [0, 0.05) is 13.1 Å². The Morgan fingerprint density at radius 3 is 2.22 bits per heavy atom. The first kappa shape index (κ1) is 14.4. The van der Waals surface area contributed by atoms with Gasteiger partial charge in [-0.25, -0.2) is 5.84 Å². The fraction of sp³-hybridized carbons (Fsp3) is 0.727. The van der Waals surface area contributed by atoms with Gasteiger partial charge in [0.1, 0.15) is 5.60 Å².